The molecule has 0 spiro atoms. The zero-order valence-electron chi connectivity index (χ0n) is 29.2. The Morgan fingerprint density at radius 3 is 1.50 bits per heavy atom. The quantitative estimate of drug-likeness (QED) is 0.162. The summed E-state index contributed by atoms with van der Waals surface area (Å²) in [5.41, 5.74) is 9.92. The average molecular weight is 803 g/mol. The van der Waals surface area contributed by atoms with E-state index in [0.29, 0.717) is 61.7 Å². The maximum absolute atomic E-state index is 15.5. The molecule has 0 unspecified atom stereocenters. The van der Waals surface area contributed by atoms with E-state index in [-0.39, 0.29) is 11.6 Å². The number of aliphatic hydroxyl groups excluding tert-OH is 1. The van der Waals surface area contributed by atoms with Gasteiger partial charge < -0.3 is 10.0 Å². The van der Waals surface area contributed by atoms with E-state index in [1.165, 1.54) is 34.9 Å². The molecule has 8 aromatic rings. The Kier molecular flexibility index (Phi) is 12.6. The van der Waals surface area contributed by atoms with Gasteiger partial charge in [-0.2, -0.15) is 4.39 Å². The Hall–Kier alpha value is -4.91. The lowest BCUT2D eigenvalue weighted by Gasteiger charge is -2.13. The maximum Gasteiger partial charge on any atom is 0.212 e. The first-order valence-electron chi connectivity index (χ1n) is 16.4. The highest BCUT2D eigenvalue weighted by molar-refractivity contribution is 7.17. The van der Waals surface area contributed by atoms with E-state index in [1.807, 2.05) is 55.4 Å². The van der Waals surface area contributed by atoms with Crippen LogP contribution in [0.4, 0.5) is 19.0 Å². The standard InChI is InChI=1S/C21H17ClFN3S.C19H11ClF2N2S.CH4O/c1-26(2)18-7-6-13(11-24-18)8-15-10-17-21(25-12-27-17)19(20(15)23)14-4-3-5-16(22)9-14;20-14-3-1-2-12(7-14)17-18(22)13(8-15-19(17)24-10-25-15)6-11-4-5-16(21)23-9-11;1-2/h3-7,9-12H,8H2,1-2H3;1-5,7-10H,6H2;2H,1H3. The first-order chi connectivity index (χ1) is 26.1. The normalized spacial score (nSPS) is 10.8. The number of fused-ring (bicyclic) bond motifs is 2. The second kappa shape index (κ2) is 17.5. The molecule has 0 aliphatic heterocycles. The van der Waals surface area contributed by atoms with E-state index in [9.17, 15) is 4.39 Å². The number of hydrogen-bond donors (Lipinski definition) is 1. The molecule has 0 radical (unpaired) electrons. The van der Waals surface area contributed by atoms with Crippen LogP contribution in [-0.4, -0.2) is 46.2 Å². The number of aromatic nitrogens is 4. The molecule has 1 N–H and O–H groups in total. The Morgan fingerprint density at radius 2 is 1.09 bits per heavy atom. The van der Waals surface area contributed by atoms with Crippen LogP contribution >= 0.6 is 45.9 Å². The highest BCUT2D eigenvalue weighted by atomic mass is 35.5. The van der Waals surface area contributed by atoms with Crippen molar-refractivity contribution < 1.29 is 18.3 Å². The highest BCUT2D eigenvalue weighted by Gasteiger charge is 2.19. The lowest BCUT2D eigenvalue weighted by atomic mass is 9.97. The minimum absolute atomic E-state index is 0.257. The van der Waals surface area contributed by atoms with Crippen LogP contribution < -0.4 is 4.90 Å². The summed E-state index contributed by atoms with van der Waals surface area (Å²) in [5.74, 6) is -0.282. The molecule has 54 heavy (non-hydrogen) atoms. The SMILES string of the molecule is CN(C)c1ccc(Cc2cc3scnc3c(-c3cccc(Cl)c3)c2F)cn1.CO.Fc1ccc(Cc2cc3scnc3c(-c3cccc(Cl)c3)c2F)cn1. The van der Waals surface area contributed by atoms with Crippen molar-refractivity contribution >= 4 is 72.1 Å². The molecule has 4 heterocycles. The monoisotopic (exact) mass is 801 g/mol. The summed E-state index contributed by atoms with van der Waals surface area (Å²) in [6.45, 7) is 0. The van der Waals surface area contributed by atoms with Gasteiger partial charge >= 0.3 is 0 Å². The van der Waals surface area contributed by atoms with Crippen molar-refractivity contribution in [2.45, 2.75) is 12.8 Å². The van der Waals surface area contributed by atoms with Crippen LogP contribution in [0.2, 0.25) is 10.0 Å². The van der Waals surface area contributed by atoms with Gasteiger partial charge in [-0.05, 0) is 81.9 Å². The molecule has 0 aliphatic rings. The molecule has 6 nitrogen and oxygen atoms in total. The third kappa shape index (κ3) is 8.72. The second-order valence-corrected chi connectivity index (χ2v) is 14.8. The summed E-state index contributed by atoms with van der Waals surface area (Å²) in [7, 11) is 4.88. The fourth-order valence-electron chi connectivity index (χ4n) is 5.87. The van der Waals surface area contributed by atoms with E-state index in [2.05, 4.69) is 19.9 Å². The van der Waals surface area contributed by atoms with Gasteiger partial charge in [-0.3, -0.25) is 0 Å². The second-order valence-electron chi connectivity index (χ2n) is 12.1. The molecular weight excluding hydrogens is 771 g/mol. The Morgan fingerprint density at radius 1 is 0.611 bits per heavy atom. The van der Waals surface area contributed by atoms with Gasteiger partial charge in [0.1, 0.15) is 17.5 Å². The first-order valence-corrected chi connectivity index (χ1v) is 18.9. The number of thiazole rings is 2. The molecule has 8 rings (SSSR count). The molecule has 274 valence electrons. The van der Waals surface area contributed by atoms with Crippen LogP contribution in [-0.2, 0) is 12.8 Å². The predicted molar refractivity (Wildman–Crippen MR) is 217 cm³/mol. The number of halogens is 5. The Labute approximate surface area is 328 Å². The predicted octanol–water partition coefficient (Wildman–Crippen LogP) is 11.3. The van der Waals surface area contributed by atoms with Crippen LogP contribution in [0.3, 0.4) is 0 Å². The van der Waals surface area contributed by atoms with Crippen molar-refractivity contribution in [2.24, 2.45) is 0 Å². The van der Waals surface area contributed by atoms with E-state index in [1.54, 1.807) is 59.7 Å². The van der Waals surface area contributed by atoms with Crippen molar-refractivity contribution in [3.05, 3.63) is 158 Å². The number of aliphatic hydroxyl groups is 1. The molecule has 0 aliphatic carbocycles. The summed E-state index contributed by atoms with van der Waals surface area (Å²) in [4.78, 5) is 18.7. The molecule has 4 aromatic heterocycles. The van der Waals surface area contributed by atoms with Crippen LogP contribution in [0.25, 0.3) is 42.7 Å². The third-order valence-electron chi connectivity index (χ3n) is 8.35. The van der Waals surface area contributed by atoms with Crippen LogP contribution in [0.1, 0.15) is 22.3 Å². The molecular formula is C41H32Cl2F3N5OS2. The maximum atomic E-state index is 15.5. The third-order valence-corrected chi connectivity index (χ3v) is 10.4. The number of nitrogens with zero attached hydrogens (tertiary/aromatic N) is 5. The van der Waals surface area contributed by atoms with Gasteiger partial charge in [-0.15, -0.1) is 22.7 Å². The fraction of sp³-hybridized carbons (Fsp3) is 0.122. The minimum Gasteiger partial charge on any atom is -0.400 e. The number of anilines is 1. The van der Waals surface area contributed by atoms with Gasteiger partial charge in [0.15, 0.2) is 0 Å². The topological polar surface area (TPSA) is 75.0 Å². The Balaban J connectivity index is 0.000000177. The van der Waals surface area contributed by atoms with Gasteiger partial charge in [-0.1, -0.05) is 59.6 Å². The molecule has 0 saturated carbocycles. The molecule has 13 heteroatoms. The van der Waals surface area contributed by atoms with Gasteiger partial charge in [0.05, 0.1) is 31.5 Å². The minimum atomic E-state index is -0.554. The van der Waals surface area contributed by atoms with Crippen molar-refractivity contribution in [1.82, 2.24) is 19.9 Å². The lowest BCUT2D eigenvalue weighted by Crippen LogP contribution is -2.10. The van der Waals surface area contributed by atoms with Crippen LogP contribution in [0, 0.1) is 17.6 Å². The molecule has 0 saturated heterocycles. The van der Waals surface area contributed by atoms with E-state index >= 15 is 8.78 Å². The lowest BCUT2D eigenvalue weighted by molar-refractivity contribution is 0.399. The van der Waals surface area contributed by atoms with Crippen molar-refractivity contribution in [3.8, 4) is 22.3 Å². The largest absolute Gasteiger partial charge is 0.400 e. The van der Waals surface area contributed by atoms with E-state index in [0.717, 1.165) is 39.0 Å². The van der Waals surface area contributed by atoms with Gasteiger partial charge in [0.2, 0.25) is 5.95 Å². The van der Waals surface area contributed by atoms with Gasteiger partial charge in [0.25, 0.3) is 0 Å². The number of benzene rings is 4. The van der Waals surface area contributed by atoms with Crippen LogP contribution in [0.5, 0.6) is 0 Å². The molecule has 0 atom stereocenters. The van der Waals surface area contributed by atoms with Crippen molar-refractivity contribution in [1.29, 1.82) is 0 Å². The molecule has 0 bridgehead atoms. The van der Waals surface area contributed by atoms with Crippen molar-refractivity contribution in [3.63, 3.8) is 0 Å². The average Bonchev–Trinajstić information content (AvgIpc) is 3.84. The van der Waals surface area contributed by atoms with Gasteiger partial charge in [0, 0.05) is 67.6 Å². The Bertz CT molecular complexity index is 2530. The highest BCUT2D eigenvalue weighted by Crippen LogP contribution is 2.38. The molecule has 0 amide bonds. The fourth-order valence-corrected chi connectivity index (χ4v) is 7.75. The number of rotatable bonds is 7. The first kappa shape index (κ1) is 38.8. The number of hydrogen-bond acceptors (Lipinski definition) is 8. The van der Waals surface area contributed by atoms with E-state index < -0.39 is 5.95 Å². The van der Waals surface area contributed by atoms with E-state index in [4.69, 9.17) is 28.3 Å². The van der Waals surface area contributed by atoms with Crippen molar-refractivity contribution in [2.75, 3.05) is 26.1 Å². The summed E-state index contributed by atoms with van der Waals surface area (Å²) in [6.07, 6.45) is 4.00. The summed E-state index contributed by atoms with van der Waals surface area (Å²) in [5, 5.41) is 8.11. The number of pyridine rings is 2. The summed E-state index contributed by atoms with van der Waals surface area (Å²) in [6, 6.07) is 24.8. The zero-order chi connectivity index (χ0) is 38.4. The van der Waals surface area contributed by atoms with Crippen LogP contribution in [0.15, 0.2) is 108 Å². The van der Waals surface area contributed by atoms with Gasteiger partial charge in [-0.25, -0.2) is 28.7 Å². The molecule has 4 aromatic carbocycles. The zero-order valence-corrected chi connectivity index (χ0v) is 32.3. The smallest absolute Gasteiger partial charge is 0.212 e. The molecule has 0 fully saturated rings. The summed E-state index contributed by atoms with van der Waals surface area (Å²) >= 11 is 15.2. The summed E-state index contributed by atoms with van der Waals surface area (Å²) < 4.78 is 45.6.